The van der Waals surface area contributed by atoms with E-state index in [0.717, 1.165) is 0 Å². The fraction of sp³-hybridized carbons (Fsp3) is 0. The summed E-state index contributed by atoms with van der Waals surface area (Å²) in [5.74, 6) is 0. The lowest BCUT2D eigenvalue weighted by Gasteiger charge is -2.13. The zero-order valence-corrected chi connectivity index (χ0v) is 25.8. The molecule has 0 radical (unpaired) electrons. The molecule has 0 saturated carbocycles. The molecule has 10 rings (SSSR count). The van der Waals surface area contributed by atoms with Crippen LogP contribution in [0.4, 0.5) is 0 Å². The normalized spacial score (nSPS) is 11.9. The highest BCUT2D eigenvalue weighted by molar-refractivity contribution is 7.26. The van der Waals surface area contributed by atoms with Gasteiger partial charge in [0.1, 0.15) is 0 Å². The first-order valence-electron chi connectivity index (χ1n) is 15.8. The molecule has 46 heavy (non-hydrogen) atoms. The van der Waals surface area contributed by atoms with E-state index in [4.69, 9.17) is 0 Å². The van der Waals surface area contributed by atoms with Crippen molar-refractivity contribution >= 4 is 74.9 Å². The van der Waals surface area contributed by atoms with Gasteiger partial charge in [-0.25, -0.2) is 0 Å². The van der Waals surface area contributed by atoms with Crippen molar-refractivity contribution in [3.8, 4) is 27.9 Å². The van der Waals surface area contributed by atoms with Crippen LogP contribution in [0.5, 0.6) is 0 Å². The number of fused-ring (bicyclic) bond motifs is 11. The van der Waals surface area contributed by atoms with Crippen LogP contribution in [0.25, 0.3) is 91.5 Å². The summed E-state index contributed by atoms with van der Waals surface area (Å²) in [5.41, 5.74) is 8.56. The van der Waals surface area contributed by atoms with Gasteiger partial charge in [0.15, 0.2) is 0 Å². The third-order valence-electron chi connectivity index (χ3n) is 9.60. The van der Waals surface area contributed by atoms with Gasteiger partial charge in [0.2, 0.25) is 0 Å². The molecule has 0 aliphatic carbocycles. The smallest absolute Gasteiger partial charge is 0.0619 e. The van der Waals surface area contributed by atoms with Crippen molar-refractivity contribution in [1.29, 1.82) is 0 Å². The van der Waals surface area contributed by atoms with Crippen molar-refractivity contribution in [1.82, 2.24) is 4.57 Å². The maximum atomic E-state index is 2.47. The predicted octanol–water partition coefficient (Wildman–Crippen LogP) is 12.8. The van der Waals surface area contributed by atoms with Crippen LogP contribution < -0.4 is 0 Å². The van der Waals surface area contributed by atoms with Gasteiger partial charge in [0.25, 0.3) is 0 Å². The third-order valence-corrected chi connectivity index (χ3v) is 10.7. The van der Waals surface area contributed by atoms with Gasteiger partial charge >= 0.3 is 0 Å². The van der Waals surface area contributed by atoms with Crippen molar-refractivity contribution in [3.63, 3.8) is 0 Å². The minimum Gasteiger partial charge on any atom is -0.309 e. The summed E-state index contributed by atoms with van der Waals surface area (Å²) in [6.45, 7) is 0. The van der Waals surface area contributed by atoms with Gasteiger partial charge in [-0.2, -0.15) is 0 Å². The van der Waals surface area contributed by atoms with E-state index in [1.165, 1.54) is 91.5 Å². The van der Waals surface area contributed by atoms with Gasteiger partial charge in [-0.05, 0) is 68.7 Å². The molecule has 0 saturated heterocycles. The predicted molar refractivity (Wildman–Crippen MR) is 200 cm³/mol. The van der Waals surface area contributed by atoms with Gasteiger partial charge in [-0.3, -0.25) is 0 Å². The number of hydrogen-bond acceptors (Lipinski definition) is 1. The molecule has 2 aromatic heterocycles. The van der Waals surface area contributed by atoms with Crippen LogP contribution in [0.2, 0.25) is 0 Å². The highest BCUT2D eigenvalue weighted by Gasteiger charge is 2.18. The van der Waals surface area contributed by atoms with E-state index in [1.54, 1.807) is 0 Å². The Morgan fingerprint density at radius 3 is 1.70 bits per heavy atom. The summed E-state index contributed by atoms with van der Waals surface area (Å²) in [4.78, 5) is 0. The maximum Gasteiger partial charge on any atom is 0.0619 e. The molecule has 0 fully saturated rings. The molecular formula is C44H27NS. The van der Waals surface area contributed by atoms with E-state index in [9.17, 15) is 0 Å². The number of nitrogens with zero attached hydrogens (tertiary/aromatic N) is 1. The van der Waals surface area contributed by atoms with Crippen LogP contribution >= 0.6 is 11.3 Å². The molecule has 214 valence electrons. The summed E-state index contributed by atoms with van der Waals surface area (Å²) >= 11 is 1.89. The molecule has 10 aromatic rings. The average molecular weight is 602 g/mol. The second kappa shape index (κ2) is 9.90. The minimum atomic E-state index is 1.17. The summed E-state index contributed by atoms with van der Waals surface area (Å²) in [7, 11) is 0. The summed E-state index contributed by atoms with van der Waals surface area (Å²) in [6, 6.07) is 60.1. The molecule has 0 amide bonds. The number of benzene rings is 8. The highest BCUT2D eigenvalue weighted by atomic mass is 32.1. The van der Waals surface area contributed by atoms with Crippen LogP contribution in [-0.2, 0) is 0 Å². The van der Waals surface area contributed by atoms with Crippen LogP contribution in [0, 0.1) is 0 Å². The molecule has 0 unspecified atom stereocenters. The first kappa shape index (κ1) is 25.6. The molecule has 8 aromatic carbocycles. The Bertz CT molecular complexity index is 2760. The lowest BCUT2D eigenvalue weighted by Crippen LogP contribution is -1.95. The molecule has 0 bridgehead atoms. The number of rotatable bonds is 3. The van der Waals surface area contributed by atoms with Gasteiger partial charge in [0, 0.05) is 42.0 Å². The Labute approximate surface area is 270 Å². The lowest BCUT2D eigenvalue weighted by atomic mass is 9.96. The van der Waals surface area contributed by atoms with Crippen LogP contribution in [0.15, 0.2) is 164 Å². The van der Waals surface area contributed by atoms with Gasteiger partial charge in [-0.1, -0.05) is 133 Å². The average Bonchev–Trinajstić information content (AvgIpc) is 3.68. The van der Waals surface area contributed by atoms with Gasteiger partial charge in [-0.15, -0.1) is 11.3 Å². The van der Waals surface area contributed by atoms with Crippen molar-refractivity contribution in [2.24, 2.45) is 0 Å². The second-order valence-electron chi connectivity index (χ2n) is 12.1. The topological polar surface area (TPSA) is 4.93 Å². The van der Waals surface area contributed by atoms with Gasteiger partial charge in [0.05, 0.1) is 11.0 Å². The van der Waals surface area contributed by atoms with Crippen LogP contribution in [0.1, 0.15) is 0 Å². The van der Waals surface area contributed by atoms with Crippen molar-refractivity contribution in [2.45, 2.75) is 0 Å². The molecule has 0 aliphatic rings. The Kier molecular flexibility index (Phi) is 5.51. The molecule has 1 nitrogen and oxygen atoms in total. The Hall–Kier alpha value is -5.70. The molecular weight excluding hydrogens is 575 g/mol. The van der Waals surface area contributed by atoms with E-state index in [2.05, 4.69) is 168 Å². The Balaban J connectivity index is 1.19. The van der Waals surface area contributed by atoms with Crippen molar-refractivity contribution in [3.05, 3.63) is 164 Å². The first-order chi connectivity index (χ1) is 22.8. The lowest BCUT2D eigenvalue weighted by molar-refractivity contribution is 1.19. The van der Waals surface area contributed by atoms with E-state index in [-0.39, 0.29) is 0 Å². The largest absolute Gasteiger partial charge is 0.309 e. The maximum absolute atomic E-state index is 2.47. The molecule has 2 heterocycles. The van der Waals surface area contributed by atoms with E-state index >= 15 is 0 Å². The Morgan fingerprint density at radius 2 is 0.913 bits per heavy atom. The number of aromatic nitrogens is 1. The van der Waals surface area contributed by atoms with Crippen molar-refractivity contribution < 1.29 is 0 Å². The zero-order valence-electron chi connectivity index (χ0n) is 24.9. The third kappa shape index (κ3) is 3.74. The van der Waals surface area contributed by atoms with E-state index in [0.29, 0.717) is 0 Å². The zero-order chi connectivity index (χ0) is 30.2. The summed E-state index contributed by atoms with van der Waals surface area (Å²) in [5, 5.41) is 10.5. The molecule has 0 aliphatic heterocycles. The minimum absolute atomic E-state index is 1.17. The second-order valence-corrected chi connectivity index (χ2v) is 13.2. The van der Waals surface area contributed by atoms with E-state index in [1.807, 2.05) is 11.3 Å². The number of para-hydroxylation sites is 1. The summed E-state index contributed by atoms with van der Waals surface area (Å²) < 4.78 is 5.15. The van der Waals surface area contributed by atoms with Gasteiger partial charge < -0.3 is 4.57 Å². The standard InChI is InChI=1S/C44H27NS/c1-2-8-28(9-3-1)29-14-16-30(17-15-29)31-18-22-33(23-19-31)45-39-12-6-4-10-34(39)36-26-25-35-37(44(36)45)24-20-32-21-27-41-43(42(32)35)38-11-5-7-13-40(38)46-41/h1-27H. The number of hydrogen-bond donors (Lipinski definition) is 0. The number of thiophene rings is 1. The fourth-order valence-corrected chi connectivity index (χ4v) is 8.58. The summed E-state index contributed by atoms with van der Waals surface area (Å²) in [6.07, 6.45) is 0. The molecule has 2 heteroatoms. The molecule has 0 atom stereocenters. The Morgan fingerprint density at radius 1 is 0.348 bits per heavy atom. The highest BCUT2D eigenvalue weighted by Crippen LogP contribution is 2.44. The SMILES string of the molecule is c1ccc(-c2ccc(-c3ccc(-n4c5ccccc5c5ccc6c(ccc7ccc8sc9ccccc9c8c76)c54)cc3)cc2)cc1. The van der Waals surface area contributed by atoms with E-state index < -0.39 is 0 Å². The monoisotopic (exact) mass is 601 g/mol. The molecule has 0 spiro atoms. The quantitative estimate of drug-likeness (QED) is 0.178. The molecule has 0 N–H and O–H groups in total. The van der Waals surface area contributed by atoms with Crippen molar-refractivity contribution in [2.75, 3.05) is 0 Å². The van der Waals surface area contributed by atoms with Crippen LogP contribution in [-0.4, -0.2) is 4.57 Å². The first-order valence-corrected chi connectivity index (χ1v) is 16.6. The van der Waals surface area contributed by atoms with Crippen LogP contribution in [0.3, 0.4) is 0 Å². The fourth-order valence-electron chi connectivity index (χ4n) is 7.46.